The molecule has 0 spiro atoms. The van der Waals surface area contributed by atoms with Crippen LogP contribution in [0.3, 0.4) is 0 Å². The lowest BCUT2D eigenvalue weighted by atomic mass is 9.92. The van der Waals surface area contributed by atoms with E-state index in [1.165, 1.54) is 92.2 Å². The van der Waals surface area contributed by atoms with Gasteiger partial charge >= 0.3 is 0 Å². The van der Waals surface area contributed by atoms with Crippen LogP contribution in [0.1, 0.15) is 0 Å². The molecule has 0 atom stereocenters. The van der Waals surface area contributed by atoms with E-state index in [4.69, 9.17) is 0 Å². The van der Waals surface area contributed by atoms with Crippen LogP contribution in [0.15, 0.2) is 174 Å². The normalized spacial score (nSPS) is 12.3. The molecule has 1 aromatic heterocycles. The Hall–Kier alpha value is -5.57. The van der Waals surface area contributed by atoms with E-state index in [2.05, 4.69) is 168 Å². The van der Waals surface area contributed by atoms with Gasteiger partial charge in [-0.2, -0.15) is 0 Å². The highest BCUT2D eigenvalue weighted by Gasteiger charge is 2.20. The molecule has 1 aliphatic heterocycles. The highest BCUT2D eigenvalue weighted by atomic mass is 32.2. The maximum atomic E-state index is 2.42. The summed E-state index contributed by atoms with van der Waals surface area (Å²) in [5.41, 5.74) is 11.2. The standard InChI is InChI=1S/C44H27NS/c1-2-12-34-29(9-1)23-25-40-43(34)38-14-3-5-17-39(38)45(40)32-11-7-10-31(27-32)28-19-21-30(22-20-28)33-24-26-42-44-36(33)15-8-16-37(44)35-13-4-6-18-41(35)46-42/h1-27H. The fourth-order valence-electron chi connectivity index (χ4n) is 7.52. The molecule has 2 heterocycles. The number of hydrogen-bond donors (Lipinski definition) is 0. The van der Waals surface area contributed by atoms with Crippen molar-refractivity contribution >= 4 is 55.1 Å². The molecule has 2 heteroatoms. The van der Waals surface area contributed by atoms with Crippen LogP contribution in [0, 0.1) is 0 Å². The first kappa shape index (κ1) is 25.7. The van der Waals surface area contributed by atoms with Gasteiger partial charge < -0.3 is 4.57 Å². The maximum Gasteiger partial charge on any atom is 0.0547 e. The Kier molecular flexibility index (Phi) is 5.58. The summed E-state index contributed by atoms with van der Waals surface area (Å²) in [6.07, 6.45) is 0. The SMILES string of the molecule is c1cc(-c2ccc(-c3ccc4c5c(cccc35)-c3ccccc3S4)cc2)cc(-n2c3ccccc3c3c4ccccc4ccc32)c1. The second kappa shape index (κ2) is 9.97. The fraction of sp³-hybridized carbons (Fsp3) is 0. The summed E-state index contributed by atoms with van der Waals surface area (Å²) in [6, 6.07) is 60.2. The van der Waals surface area contributed by atoms with Crippen molar-refractivity contribution in [2.24, 2.45) is 0 Å². The molecule has 1 aliphatic rings. The lowest BCUT2D eigenvalue weighted by Crippen LogP contribution is -1.94. The van der Waals surface area contributed by atoms with E-state index in [0.29, 0.717) is 0 Å². The Bertz CT molecular complexity index is 2660. The van der Waals surface area contributed by atoms with Crippen LogP contribution in [0.25, 0.3) is 82.4 Å². The van der Waals surface area contributed by atoms with Crippen molar-refractivity contribution in [2.75, 3.05) is 0 Å². The quantitative estimate of drug-likeness (QED) is 0.195. The molecule has 214 valence electrons. The van der Waals surface area contributed by atoms with Gasteiger partial charge in [0.2, 0.25) is 0 Å². The Balaban J connectivity index is 1.08. The number of nitrogens with zero attached hydrogens (tertiary/aromatic N) is 1. The molecule has 0 N–H and O–H groups in total. The number of fused-ring (bicyclic) bond motifs is 7. The predicted octanol–water partition coefficient (Wildman–Crippen LogP) is 12.6. The molecule has 0 radical (unpaired) electrons. The van der Waals surface area contributed by atoms with E-state index in [0.717, 1.165) is 0 Å². The first-order chi connectivity index (χ1) is 22.8. The third-order valence-corrected chi connectivity index (χ3v) is 10.7. The minimum atomic E-state index is 1.17. The largest absolute Gasteiger partial charge is 0.309 e. The summed E-state index contributed by atoms with van der Waals surface area (Å²) < 4.78 is 2.42. The van der Waals surface area contributed by atoms with E-state index in [1.807, 2.05) is 11.8 Å². The molecule has 0 saturated heterocycles. The highest BCUT2D eigenvalue weighted by Crippen LogP contribution is 2.49. The van der Waals surface area contributed by atoms with Crippen molar-refractivity contribution in [1.29, 1.82) is 0 Å². The monoisotopic (exact) mass is 601 g/mol. The summed E-state index contributed by atoms with van der Waals surface area (Å²) in [7, 11) is 0. The summed E-state index contributed by atoms with van der Waals surface area (Å²) >= 11 is 1.88. The van der Waals surface area contributed by atoms with Crippen LogP contribution in [0.2, 0.25) is 0 Å². The van der Waals surface area contributed by atoms with Crippen LogP contribution in [0.5, 0.6) is 0 Å². The molecule has 0 saturated carbocycles. The molecule has 0 fully saturated rings. The molecule has 9 aromatic rings. The van der Waals surface area contributed by atoms with Gasteiger partial charge in [0, 0.05) is 31.6 Å². The van der Waals surface area contributed by atoms with E-state index in [1.54, 1.807) is 0 Å². The van der Waals surface area contributed by atoms with Crippen molar-refractivity contribution in [2.45, 2.75) is 9.79 Å². The first-order valence-corrected chi connectivity index (χ1v) is 16.6. The molecule has 46 heavy (non-hydrogen) atoms. The molecule has 1 nitrogen and oxygen atoms in total. The second-order valence-corrected chi connectivity index (χ2v) is 13.2. The smallest absolute Gasteiger partial charge is 0.0547 e. The molecular weight excluding hydrogens is 575 g/mol. The molecule has 0 bridgehead atoms. The Labute approximate surface area is 271 Å². The fourth-order valence-corrected chi connectivity index (χ4v) is 8.65. The summed E-state index contributed by atoms with van der Waals surface area (Å²) in [5, 5.41) is 7.83. The van der Waals surface area contributed by atoms with E-state index in [-0.39, 0.29) is 0 Å². The molecule has 10 rings (SSSR count). The van der Waals surface area contributed by atoms with Crippen molar-refractivity contribution in [1.82, 2.24) is 4.57 Å². The van der Waals surface area contributed by atoms with Crippen LogP contribution >= 0.6 is 11.8 Å². The minimum Gasteiger partial charge on any atom is -0.309 e. The van der Waals surface area contributed by atoms with Gasteiger partial charge in [-0.3, -0.25) is 0 Å². The van der Waals surface area contributed by atoms with E-state index >= 15 is 0 Å². The number of rotatable bonds is 3. The Morgan fingerprint density at radius 1 is 0.370 bits per heavy atom. The Morgan fingerprint density at radius 2 is 1.11 bits per heavy atom. The second-order valence-electron chi connectivity index (χ2n) is 12.1. The van der Waals surface area contributed by atoms with Crippen molar-refractivity contribution in [3.63, 3.8) is 0 Å². The summed E-state index contributed by atoms with van der Waals surface area (Å²) in [6.45, 7) is 0. The predicted molar refractivity (Wildman–Crippen MR) is 196 cm³/mol. The van der Waals surface area contributed by atoms with Gasteiger partial charge in [0.1, 0.15) is 0 Å². The average Bonchev–Trinajstić information content (AvgIpc) is 3.47. The van der Waals surface area contributed by atoms with Gasteiger partial charge in [-0.25, -0.2) is 0 Å². The number of para-hydroxylation sites is 1. The number of hydrogen-bond acceptors (Lipinski definition) is 1. The zero-order valence-corrected chi connectivity index (χ0v) is 25.8. The third kappa shape index (κ3) is 3.77. The van der Waals surface area contributed by atoms with Gasteiger partial charge in [0.15, 0.2) is 0 Å². The zero-order valence-electron chi connectivity index (χ0n) is 24.9. The van der Waals surface area contributed by atoms with Gasteiger partial charge in [-0.15, -0.1) is 0 Å². The van der Waals surface area contributed by atoms with Crippen LogP contribution in [-0.4, -0.2) is 4.57 Å². The maximum absolute atomic E-state index is 2.42. The van der Waals surface area contributed by atoms with Crippen LogP contribution < -0.4 is 0 Å². The van der Waals surface area contributed by atoms with Crippen molar-refractivity contribution < 1.29 is 0 Å². The van der Waals surface area contributed by atoms with E-state index in [9.17, 15) is 0 Å². The van der Waals surface area contributed by atoms with Gasteiger partial charge in [-0.05, 0) is 85.9 Å². The van der Waals surface area contributed by atoms with Crippen molar-refractivity contribution in [3.8, 4) is 39.1 Å². The first-order valence-electron chi connectivity index (χ1n) is 15.8. The van der Waals surface area contributed by atoms with Crippen LogP contribution in [0.4, 0.5) is 0 Å². The number of aromatic nitrogens is 1. The minimum absolute atomic E-state index is 1.17. The van der Waals surface area contributed by atoms with Gasteiger partial charge in [-0.1, -0.05) is 139 Å². The lowest BCUT2D eigenvalue weighted by Gasteiger charge is -2.21. The summed E-state index contributed by atoms with van der Waals surface area (Å²) in [4.78, 5) is 2.66. The molecular formula is C44H27NS. The lowest BCUT2D eigenvalue weighted by molar-refractivity contribution is 1.18. The molecule has 0 amide bonds. The van der Waals surface area contributed by atoms with Crippen LogP contribution in [-0.2, 0) is 0 Å². The number of benzene rings is 8. The Morgan fingerprint density at radius 3 is 2.04 bits per heavy atom. The molecule has 0 aliphatic carbocycles. The molecule has 8 aromatic carbocycles. The van der Waals surface area contributed by atoms with E-state index < -0.39 is 0 Å². The van der Waals surface area contributed by atoms with Gasteiger partial charge in [0.25, 0.3) is 0 Å². The van der Waals surface area contributed by atoms with Gasteiger partial charge in [0.05, 0.1) is 11.0 Å². The summed E-state index contributed by atoms with van der Waals surface area (Å²) in [5.74, 6) is 0. The topological polar surface area (TPSA) is 4.93 Å². The molecule has 0 unspecified atom stereocenters. The third-order valence-electron chi connectivity index (χ3n) is 9.60. The highest BCUT2D eigenvalue weighted by molar-refractivity contribution is 7.99. The zero-order chi connectivity index (χ0) is 30.2. The average molecular weight is 602 g/mol. The van der Waals surface area contributed by atoms with Crippen molar-refractivity contribution in [3.05, 3.63) is 164 Å².